The summed E-state index contributed by atoms with van der Waals surface area (Å²) in [6.07, 6.45) is 38.9. The quantitative estimate of drug-likeness (QED) is 0.0223. The molecule has 0 saturated heterocycles. The van der Waals surface area contributed by atoms with Gasteiger partial charge in [0.2, 0.25) is 0 Å². The molecule has 0 rings (SSSR count). The molecular formula is C44H80NO7+. The molecule has 52 heavy (non-hydrogen) atoms. The maximum atomic E-state index is 12.7. The van der Waals surface area contributed by atoms with E-state index in [4.69, 9.17) is 14.2 Å². The molecule has 0 aliphatic rings. The molecule has 0 heterocycles. The van der Waals surface area contributed by atoms with Gasteiger partial charge in [-0.3, -0.25) is 9.59 Å². The highest BCUT2D eigenvalue weighted by Gasteiger charge is 2.31. The number of nitrogens with zero attached hydrogens (tertiary/aromatic N) is 1. The lowest BCUT2D eigenvalue weighted by atomic mass is 10.1. The monoisotopic (exact) mass is 735 g/mol. The van der Waals surface area contributed by atoms with Gasteiger partial charge in [-0.25, -0.2) is 4.79 Å². The van der Waals surface area contributed by atoms with E-state index >= 15 is 0 Å². The Morgan fingerprint density at radius 3 is 1.56 bits per heavy atom. The maximum absolute atomic E-state index is 12.7. The molecule has 0 aromatic heterocycles. The van der Waals surface area contributed by atoms with Crippen LogP contribution in [0.1, 0.15) is 174 Å². The van der Waals surface area contributed by atoms with Crippen molar-refractivity contribution in [2.24, 2.45) is 0 Å². The number of likely N-dealkylation sites (N-methyl/N-ethyl adjacent to an activating group) is 1. The molecule has 0 amide bonds. The largest absolute Gasteiger partial charge is 0.477 e. The van der Waals surface area contributed by atoms with Crippen LogP contribution >= 0.6 is 0 Å². The van der Waals surface area contributed by atoms with E-state index in [1.54, 1.807) is 0 Å². The Morgan fingerprint density at radius 1 is 0.577 bits per heavy atom. The zero-order chi connectivity index (χ0) is 38.5. The Morgan fingerprint density at radius 2 is 1.02 bits per heavy atom. The van der Waals surface area contributed by atoms with Gasteiger partial charge in [0.25, 0.3) is 0 Å². The summed E-state index contributed by atoms with van der Waals surface area (Å²) in [6, 6.07) is -0.617. The second-order valence-corrected chi connectivity index (χ2v) is 15.3. The number of ether oxygens (including phenoxy) is 3. The van der Waals surface area contributed by atoms with Gasteiger partial charge in [-0.15, -0.1) is 0 Å². The van der Waals surface area contributed by atoms with E-state index in [1.165, 1.54) is 77.0 Å². The van der Waals surface area contributed by atoms with Crippen LogP contribution in [-0.4, -0.2) is 80.6 Å². The molecule has 0 aliphatic heterocycles. The Hall–Kier alpha value is -2.45. The SMILES string of the molecule is CCCCC/C=C/C=C/CCCCCCCCC(=O)OCC(COCCC(C(=O)O)[N+](C)(C)C)OC(=O)CCCCC/C=C/CCCCCCCC. The number of esters is 2. The van der Waals surface area contributed by atoms with Crippen molar-refractivity contribution in [2.75, 3.05) is 41.0 Å². The molecule has 2 atom stereocenters. The zero-order valence-electron chi connectivity index (χ0n) is 34.3. The van der Waals surface area contributed by atoms with Crippen LogP contribution in [0.2, 0.25) is 0 Å². The second-order valence-electron chi connectivity index (χ2n) is 15.3. The number of carboxylic acids is 1. The number of unbranched alkanes of at least 4 members (excludes halogenated alkanes) is 18. The Kier molecular flexibility index (Phi) is 33.9. The van der Waals surface area contributed by atoms with Crippen molar-refractivity contribution in [1.82, 2.24) is 0 Å². The predicted octanol–water partition coefficient (Wildman–Crippen LogP) is 11.1. The highest BCUT2D eigenvalue weighted by molar-refractivity contribution is 5.72. The molecule has 0 aliphatic carbocycles. The van der Waals surface area contributed by atoms with Crippen LogP contribution in [-0.2, 0) is 28.6 Å². The summed E-state index contributed by atoms with van der Waals surface area (Å²) >= 11 is 0. The van der Waals surface area contributed by atoms with Gasteiger partial charge in [0, 0.05) is 19.3 Å². The summed E-state index contributed by atoms with van der Waals surface area (Å²) < 4.78 is 17.2. The third-order valence-electron chi connectivity index (χ3n) is 9.29. The summed E-state index contributed by atoms with van der Waals surface area (Å²) in [4.78, 5) is 36.9. The smallest absolute Gasteiger partial charge is 0.362 e. The van der Waals surface area contributed by atoms with Crippen LogP contribution in [0, 0.1) is 0 Å². The first-order chi connectivity index (χ1) is 25.1. The van der Waals surface area contributed by atoms with E-state index < -0.39 is 18.1 Å². The fraction of sp³-hybridized carbons (Fsp3) is 0.795. The fourth-order valence-corrected chi connectivity index (χ4v) is 5.96. The lowest BCUT2D eigenvalue weighted by Gasteiger charge is -2.31. The van der Waals surface area contributed by atoms with Gasteiger partial charge < -0.3 is 23.8 Å². The molecule has 0 aromatic carbocycles. The van der Waals surface area contributed by atoms with E-state index in [1.807, 2.05) is 21.1 Å². The predicted molar refractivity (Wildman–Crippen MR) is 215 cm³/mol. The Labute approximate surface area is 319 Å². The first-order valence-corrected chi connectivity index (χ1v) is 21.0. The molecule has 8 nitrogen and oxygen atoms in total. The molecule has 0 saturated carbocycles. The summed E-state index contributed by atoms with van der Waals surface area (Å²) in [7, 11) is 5.51. The number of hydrogen-bond acceptors (Lipinski definition) is 6. The Bertz CT molecular complexity index is 953. The molecule has 302 valence electrons. The number of aliphatic carboxylic acids is 1. The maximum Gasteiger partial charge on any atom is 0.362 e. The molecule has 0 radical (unpaired) electrons. The van der Waals surface area contributed by atoms with Gasteiger partial charge in [-0.1, -0.05) is 127 Å². The van der Waals surface area contributed by atoms with E-state index in [2.05, 4.69) is 50.3 Å². The topological polar surface area (TPSA) is 99.1 Å². The van der Waals surface area contributed by atoms with Gasteiger partial charge in [0.1, 0.15) is 6.61 Å². The molecule has 0 fully saturated rings. The van der Waals surface area contributed by atoms with Crippen molar-refractivity contribution in [2.45, 2.75) is 187 Å². The fourth-order valence-electron chi connectivity index (χ4n) is 5.96. The van der Waals surface area contributed by atoms with E-state index in [0.717, 1.165) is 64.2 Å². The van der Waals surface area contributed by atoms with Crippen molar-refractivity contribution in [1.29, 1.82) is 0 Å². The van der Waals surface area contributed by atoms with Crippen molar-refractivity contribution < 1.29 is 38.2 Å². The summed E-state index contributed by atoms with van der Waals surface area (Å²) in [5, 5.41) is 9.60. The van der Waals surface area contributed by atoms with Gasteiger partial charge in [0.05, 0.1) is 34.4 Å². The average molecular weight is 735 g/mol. The molecular weight excluding hydrogens is 654 g/mol. The number of carboxylic acid groups (broad SMARTS) is 1. The molecule has 8 heteroatoms. The van der Waals surface area contributed by atoms with Crippen molar-refractivity contribution in [3.8, 4) is 0 Å². The van der Waals surface area contributed by atoms with Crippen LogP contribution in [0.3, 0.4) is 0 Å². The van der Waals surface area contributed by atoms with E-state index in [-0.39, 0.29) is 36.2 Å². The summed E-state index contributed by atoms with van der Waals surface area (Å²) in [5.74, 6) is -1.50. The number of quaternary nitrogens is 1. The van der Waals surface area contributed by atoms with E-state index in [9.17, 15) is 19.5 Å². The van der Waals surface area contributed by atoms with Crippen LogP contribution in [0.15, 0.2) is 36.5 Å². The lowest BCUT2D eigenvalue weighted by Crippen LogP contribution is -2.50. The first-order valence-electron chi connectivity index (χ1n) is 21.0. The lowest BCUT2D eigenvalue weighted by molar-refractivity contribution is -0.887. The molecule has 2 unspecified atom stereocenters. The molecule has 0 aromatic rings. The normalized spacial score (nSPS) is 13.3. The van der Waals surface area contributed by atoms with E-state index in [0.29, 0.717) is 19.3 Å². The third kappa shape index (κ3) is 33.4. The summed E-state index contributed by atoms with van der Waals surface area (Å²) in [5.41, 5.74) is 0. The van der Waals surface area contributed by atoms with Crippen LogP contribution in [0.4, 0.5) is 0 Å². The minimum Gasteiger partial charge on any atom is -0.477 e. The number of carbonyl (C=O) groups is 3. The van der Waals surface area contributed by atoms with Crippen LogP contribution in [0.5, 0.6) is 0 Å². The van der Waals surface area contributed by atoms with Gasteiger partial charge in [0.15, 0.2) is 12.1 Å². The van der Waals surface area contributed by atoms with Crippen LogP contribution < -0.4 is 0 Å². The van der Waals surface area contributed by atoms with Crippen molar-refractivity contribution in [3.05, 3.63) is 36.5 Å². The van der Waals surface area contributed by atoms with Crippen molar-refractivity contribution >= 4 is 17.9 Å². The second kappa shape index (κ2) is 35.6. The number of carbonyl (C=O) groups excluding carboxylic acids is 2. The van der Waals surface area contributed by atoms with Crippen LogP contribution in [0.25, 0.3) is 0 Å². The minimum absolute atomic E-state index is 0.0519. The standard InChI is InChI=1S/C44H79NO7/c1-6-8-10-12-14-16-18-20-21-23-24-26-28-30-32-34-42(46)51-39-40(38-50-37-36-41(44(48)49)45(3,4)5)52-43(47)35-33-31-29-27-25-22-19-17-15-13-11-9-7-2/h14,16,18,20,22,25,40-41H,6-13,15,17,19,21,23-24,26-39H2,1-5H3/p+1/b16-14+,20-18+,25-22+. The number of hydrogen-bond donors (Lipinski definition) is 1. The number of allylic oxidation sites excluding steroid dienone is 6. The average Bonchev–Trinajstić information content (AvgIpc) is 3.09. The molecule has 0 spiro atoms. The van der Waals surface area contributed by atoms with Crippen molar-refractivity contribution in [3.63, 3.8) is 0 Å². The summed E-state index contributed by atoms with van der Waals surface area (Å²) in [6.45, 7) is 4.66. The van der Waals surface area contributed by atoms with Gasteiger partial charge in [-0.05, 0) is 64.2 Å². The highest BCUT2D eigenvalue weighted by Crippen LogP contribution is 2.13. The first kappa shape index (κ1) is 49.6. The Balaban J connectivity index is 4.41. The third-order valence-corrected chi connectivity index (χ3v) is 9.29. The highest BCUT2D eigenvalue weighted by atomic mass is 16.6. The number of rotatable bonds is 37. The molecule has 0 bridgehead atoms. The van der Waals surface area contributed by atoms with Gasteiger partial charge >= 0.3 is 17.9 Å². The zero-order valence-corrected chi connectivity index (χ0v) is 34.3. The van der Waals surface area contributed by atoms with Gasteiger partial charge in [-0.2, -0.15) is 0 Å². The molecule has 1 N–H and O–H groups in total. The minimum atomic E-state index is -0.880.